The minimum absolute atomic E-state index is 0.141. The fourth-order valence-electron chi connectivity index (χ4n) is 1.39. The van der Waals surface area contributed by atoms with E-state index in [2.05, 4.69) is 0 Å². The Morgan fingerprint density at radius 1 is 1.20 bits per heavy atom. The van der Waals surface area contributed by atoms with E-state index in [0.29, 0.717) is 17.1 Å². The minimum atomic E-state index is -0.350. The summed E-state index contributed by atoms with van der Waals surface area (Å²) >= 11 is 0. The Bertz CT molecular complexity index is 543. The molecule has 0 bridgehead atoms. The zero-order valence-corrected chi connectivity index (χ0v) is 8.16. The van der Waals surface area contributed by atoms with E-state index in [4.69, 9.17) is 4.42 Å². The highest BCUT2D eigenvalue weighted by Gasteiger charge is 2.03. The number of aryl methyl sites for hydroxylation is 1. The molecule has 15 heavy (non-hydrogen) atoms. The molecular weight excluding hydrogens is 195 g/mol. The number of benzene rings is 1. The molecule has 0 N–H and O–H groups in total. The Labute approximate surface area is 86.0 Å². The number of hydrogen-bond donors (Lipinski definition) is 0. The molecule has 0 unspecified atom stereocenters. The quantitative estimate of drug-likeness (QED) is 0.714. The summed E-state index contributed by atoms with van der Waals surface area (Å²) in [6.45, 7) is 1.68. The molecule has 1 aromatic carbocycles. The van der Waals surface area contributed by atoms with Crippen molar-refractivity contribution in [1.82, 2.24) is 0 Å². The average Bonchev–Trinajstić information content (AvgIpc) is 2.16. The summed E-state index contributed by atoms with van der Waals surface area (Å²) in [7, 11) is 0. The van der Waals surface area contributed by atoms with Gasteiger partial charge in [-0.1, -0.05) is 12.1 Å². The first-order chi connectivity index (χ1) is 7.15. The first-order valence-electron chi connectivity index (χ1n) is 4.53. The maximum atomic E-state index is 12.9. The molecule has 0 aliphatic rings. The molecule has 0 aliphatic heterocycles. The summed E-state index contributed by atoms with van der Waals surface area (Å²) in [4.78, 5) is 11.2. The molecule has 1 heterocycles. The van der Waals surface area contributed by atoms with Crippen LogP contribution in [0, 0.1) is 12.7 Å². The topological polar surface area (TPSA) is 30.2 Å². The molecule has 3 heteroatoms. The van der Waals surface area contributed by atoms with Crippen LogP contribution >= 0.6 is 0 Å². The van der Waals surface area contributed by atoms with Crippen molar-refractivity contribution in [2.24, 2.45) is 0 Å². The molecule has 2 aromatic rings. The van der Waals surface area contributed by atoms with Crippen LogP contribution in [0.1, 0.15) is 5.76 Å². The van der Waals surface area contributed by atoms with Crippen molar-refractivity contribution in [3.63, 3.8) is 0 Å². The zero-order valence-electron chi connectivity index (χ0n) is 8.16. The van der Waals surface area contributed by atoms with Crippen LogP contribution in [0.5, 0.6) is 0 Å². The Kier molecular flexibility index (Phi) is 2.37. The third kappa shape index (κ3) is 2.13. The predicted octanol–water partition coefficient (Wildman–Crippen LogP) is 2.75. The highest BCUT2D eigenvalue weighted by molar-refractivity contribution is 5.56. The van der Waals surface area contributed by atoms with Gasteiger partial charge in [-0.15, -0.1) is 0 Å². The van der Waals surface area contributed by atoms with Crippen LogP contribution in [-0.4, -0.2) is 0 Å². The Hall–Kier alpha value is -1.90. The van der Waals surface area contributed by atoms with Crippen LogP contribution in [0.4, 0.5) is 4.39 Å². The van der Waals surface area contributed by atoms with E-state index >= 15 is 0 Å². The Balaban J connectivity index is 2.59. The fourth-order valence-corrected chi connectivity index (χ4v) is 1.39. The second-order valence-corrected chi connectivity index (χ2v) is 3.28. The van der Waals surface area contributed by atoms with Gasteiger partial charge >= 0.3 is 0 Å². The summed E-state index contributed by atoms with van der Waals surface area (Å²) in [5, 5.41) is 0. The van der Waals surface area contributed by atoms with Gasteiger partial charge in [0, 0.05) is 17.7 Å². The molecule has 2 rings (SSSR count). The number of hydrogen-bond acceptors (Lipinski definition) is 2. The standard InChI is InChI=1S/C12H9FO2/c1-8-5-11(14)7-12(15-8)9-3-2-4-10(13)6-9/h2-7H,1H3. The first-order valence-corrected chi connectivity index (χ1v) is 4.53. The van der Waals surface area contributed by atoms with E-state index in [0.717, 1.165) is 0 Å². The van der Waals surface area contributed by atoms with Crippen molar-refractivity contribution in [3.05, 3.63) is 58.2 Å². The van der Waals surface area contributed by atoms with Crippen LogP contribution in [-0.2, 0) is 0 Å². The van der Waals surface area contributed by atoms with E-state index in [1.807, 2.05) is 0 Å². The van der Waals surface area contributed by atoms with Gasteiger partial charge in [0.15, 0.2) is 5.43 Å². The van der Waals surface area contributed by atoms with E-state index in [1.165, 1.54) is 24.3 Å². The Morgan fingerprint density at radius 2 is 2.00 bits per heavy atom. The van der Waals surface area contributed by atoms with Crippen molar-refractivity contribution in [1.29, 1.82) is 0 Å². The lowest BCUT2D eigenvalue weighted by Gasteiger charge is -2.01. The highest BCUT2D eigenvalue weighted by Crippen LogP contribution is 2.19. The molecule has 1 aromatic heterocycles. The molecule has 0 aliphatic carbocycles. The summed E-state index contributed by atoms with van der Waals surface area (Å²) in [5.74, 6) is 0.554. The van der Waals surface area contributed by atoms with Gasteiger partial charge in [-0.05, 0) is 19.1 Å². The van der Waals surface area contributed by atoms with Gasteiger partial charge in [0.2, 0.25) is 0 Å². The third-order valence-corrected chi connectivity index (χ3v) is 2.00. The monoisotopic (exact) mass is 204 g/mol. The SMILES string of the molecule is Cc1cc(=O)cc(-c2cccc(F)c2)o1. The van der Waals surface area contributed by atoms with Gasteiger partial charge in [-0.2, -0.15) is 0 Å². The average molecular weight is 204 g/mol. The lowest BCUT2D eigenvalue weighted by atomic mass is 10.1. The summed E-state index contributed by atoms with van der Waals surface area (Å²) in [6, 6.07) is 8.69. The van der Waals surface area contributed by atoms with Gasteiger partial charge in [0.25, 0.3) is 0 Å². The molecular formula is C12H9FO2. The van der Waals surface area contributed by atoms with Gasteiger partial charge in [0.05, 0.1) is 0 Å². The van der Waals surface area contributed by atoms with Crippen molar-refractivity contribution in [2.45, 2.75) is 6.92 Å². The summed E-state index contributed by atoms with van der Waals surface area (Å²) in [5.41, 5.74) is 0.425. The zero-order chi connectivity index (χ0) is 10.8. The van der Waals surface area contributed by atoms with Gasteiger partial charge < -0.3 is 4.42 Å². The minimum Gasteiger partial charge on any atom is -0.461 e. The molecule has 0 saturated carbocycles. The van der Waals surface area contributed by atoms with Crippen LogP contribution in [0.2, 0.25) is 0 Å². The smallest absolute Gasteiger partial charge is 0.185 e. The molecule has 76 valence electrons. The predicted molar refractivity (Wildman–Crippen MR) is 55.1 cm³/mol. The normalized spacial score (nSPS) is 10.3. The lowest BCUT2D eigenvalue weighted by molar-refractivity contribution is 0.529. The van der Waals surface area contributed by atoms with Gasteiger partial charge in [-0.3, -0.25) is 4.79 Å². The molecule has 0 spiro atoms. The second-order valence-electron chi connectivity index (χ2n) is 3.28. The van der Waals surface area contributed by atoms with Crippen LogP contribution in [0.25, 0.3) is 11.3 Å². The van der Waals surface area contributed by atoms with Gasteiger partial charge in [-0.25, -0.2) is 4.39 Å². The van der Waals surface area contributed by atoms with Crippen molar-refractivity contribution >= 4 is 0 Å². The molecule has 0 amide bonds. The number of halogens is 1. The fraction of sp³-hybridized carbons (Fsp3) is 0.0833. The molecule has 0 radical (unpaired) electrons. The van der Waals surface area contributed by atoms with Crippen molar-refractivity contribution in [3.8, 4) is 11.3 Å². The molecule has 2 nitrogen and oxygen atoms in total. The van der Waals surface area contributed by atoms with Crippen LogP contribution in [0.3, 0.4) is 0 Å². The van der Waals surface area contributed by atoms with Crippen LogP contribution < -0.4 is 5.43 Å². The highest BCUT2D eigenvalue weighted by atomic mass is 19.1. The first kappa shape index (κ1) is 9.65. The third-order valence-electron chi connectivity index (χ3n) is 2.00. The van der Waals surface area contributed by atoms with Gasteiger partial charge in [0.1, 0.15) is 17.3 Å². The summed E-state index contributed by atoms with van der Waals surface area (Å²) < 4.78 is 18.3. The van der Waals surface area contributed by atoms with E-state index in [1.54, 1.807) is 19.1 Å². The number of rotatable bonds is 1. The van der Waals surface area contributed by atoms with E-state index < -0.39 is 0 Å². The second kappa shape index (κ2) is 3.69. The van der Waals surface area contributed by atoms with E-state index in [9.17, 15) is 9.18 Å². The lowest BCUT2D eigenvalue weighted by Crippen LogP contribution is -1.98. The molecule has 0 saturated heterocycles. The van der Waals surface area contributed by atoms with Crippen LogP contribution in [0.15, 0.2) is 45.6 Å². The van der Waals surface area contributed by atoms with Crippen molar-refractivity contribution < 1.29 is 8.81 Å². The van der Waals surface area contributed by atoms with Crippen molar-refractivity contribution in [2.75, 3.05) is 0 Å². The maximum Gasteiger partial charge on any atom is 0.185 e. The Morgan fingerprint density at radius 3 is 2.67 bits per heavy atom. The molecule has 0 fully saturated rings. The largest absolute Gasteiger partial charge is 0.461 e. The maximum absolute atomic E-state index is 12.9. The molecule has 0 atom stereocenters. The van der Waals surface area contributed by atoms with E-state index in [-0.39, 0.29) is 11.2 Å². The summed E-state index contributed by atoms with van der Waals surface area (Å²) in [6.07, 6.45) is 0.